The molecule has 0 saturated carbocycles. The van der Waals surface area contributed by atoms with Crippen molar-refractivity contribution in [2.75, 3.05) is 18.0 Å². The molecule has 1 aliphatic rings. The van der Waals surface area contributed by atoms with Gasteiger partial charge in [-0.05, 0) is 40.5 Å². The van der Waals surface area contributed by atoms with Crippen LogP contribution >= 0.6 is 15.9 Å². The standard InChI is InChI=1S/C15H15BrN2O2/c16-13-3-1-2-4-14(13)18-7-5-12(9-18)17-15(19)11-6-8-20-10-11/h1-4,6,8,10,12H,5,7,9H2,(H,17,19)/t12-/m1/s1. The molecule has 4 nitrogen and oxygen atoms in total. The van der Waals surface area contributed by atoms with E-state index in [0.29, 0.717) is 5.56 Å². The van der Waals surface area contributed by atoms with Crippen LogP contribution in [0.2, 0.25) is 0 Å². The highest BCUT2D eigenvalue weighted by Gasteiger charge is 2.25. The van der Waals surface area contributed by atoms with E-state index in [9.17, 15) is 4.79 Å². The van der Waals surface area contributed by atoms with E-state index in [4.69, 9.17) is 4.42 Å². The molecule has 1 atom stereocenters. The molecule has 1 fully saturated rings. The van der Waals surface area contributed by atoms with Gasteiger partial charge >= 0.3 is 0 Å². The predicted molar refractivity (Wildman–Crippen MR) is 80.9 cm³/mol. The number of furan rings is 1. The van der Waals surface area contributed by atoms with Crippen LogP contribution in [0.5, 0.6) is 0 Å². The number of benzene rings is 1. The molecular weight excluding hydrogens is 320 g/mol. The summed E-state index contributed by atoms with van der Waals surface area (Å²) in [7, 11) is 0. The third-order valence-corrected chi connectivity index (χ3v) is 4.17. The fraction of sp³-hybridized carbons (Fsp3) is 0.267. The molecule has 3 rings (SSSR count). The molecule has 104 valence electrons. The van der Waals surface area contributed by atoms with Gasteiger partial charge < -0.3 is 14.6 Å². The summed E-state index contributed by atoms with van der Waals surface area (Å²) in [5.74, 6) is -0.0715. The van der Waals surface area contributed by atoms with Gasteiger partial charge in [-0.2, -0.15) is 0 Å². The number of rotatable bonds is 3. The molecule has 2 heterocycles. The number of anilines is 1. The third-order valence-electron chi connectivity index (χ3n) is 3.50. The molecular formula is C15H15BrN2O2. The van der Waals surface area contributed by atoms with Gasteiger partial charge in [-0.3, -0.25) is 4.79 Å². The number of amides is 1. The van der Waals surface area contributed by atoms with Gasteiger partial charge in [-0.15, -0.1) is 0 Å². The number of hydrogen-bond donors (Lipinski definition) is 1. The predicted octanol–water partition coefficient (Wildman–Crippen LogP) is 3.05. The Kier molecular flexibility index (Phi) is 3.78. The van der Waals surface area contributed by atoms with Crippen molar-refractivity contribution in [1.82, 2.24) is 5.32 Å². The van der Waals surface area contributed by atoms with Gasteiger partial charge in [-0.25, -0.2) is 0 Å². The lowest BCUT2D eigenvalue weighted by Crippen LogP contribution is -2.37. The molecule has 0 unspecified atom stereocenters. The van der Waals surface area contributed by atoms with Crippen molar-refractivity contribution >= 4 is 27.5 Å². The highest BCUT2D eigenvalue weighted by Crippen LogP contribution is 2.28. The minimum atomic E-state index is -0.0715. The quantitative estimate of drug-likeness (QED) is 0.938. The van der Waals surface area contributed by atoms with Crippen molar-refractivity contribution in [3.63, 3.8) is 0 Å². The summed E-state index contributed by atoms with van der Waals surface area (Å²) >= 11 is 3.57. The zero-order valence-corrected chi connectivity index (χ0v) is 12.5. The van der Waals surface area contributed by atoms with E-state index in [1.54, 1.807) is 6.07 Å². The molecule has 1 N–H and O–H groups in total. The fourth-order valence-corrected chi connectivity index (χ4v) is 3.00. The van der Waals surface area contributed by atoms with Crippen molar-refractivity contribution < 1.29 is 9.21 Å². The van der Waals surface area contributed by atoms with Crippen molar-refractivity contribution in [2.45, 2.75) is 12.5 Å². The molecule has 1 saturated heterocycles. The summed E-state index contributed by atoms with van der Waals surface area (Å²) in [5, 5.41) is 3.04. The van der Waals surface area contributed by atoms with Crippen LogP contribution in [0.3, 0.4) is 0 Å². The van der Waals surface area contributed by atoms with Gasteiger partial charge in [0, 0.05) is 23.6 Å². The maximum atomic E-state index is 12.0. The van der Waals surface area contributed by atoms with Crippen LogP contribution < -0.4 is 10.2 Å². The second-order valence-electron chi connectivity index (χ2n) is 4.87. The highest BCUT2D eigenvalue weighted by molar-refractivity contribution is 9.10. The average Bonchev–Trinajstić information content (AvgIpc) is 3.10. The summed E-state index contributed by atoms with van der Waals surface area (Å²) in [6.45, 7) is 1.77. The molecule has 2 aromatic rings. The molecule has 0 spiro atoms. The van der Waals surface area contributed by atoms with Gasteiger partial charge in [0.1, 0.15) is 6.26 Å². The van der Waals surface area contributed by atoms with Gasteiger partial charge in [0.15, 0.2) is 0 Å². The fourth-order valence-electron chi connectivity index (χ4n) is 2.47. The Bertz CT molecular complexity index is 598. The Morgan fingerprint density at radius 2 is 2.20 bits per heavy atom. The average molecular weight is 335 g/mol. The Hall–Kier alpha value is -1.75. The van der Waals surface area contributed by atoms with E-state index in [1.807, 2.05) is 18.2 Å². The first-order valence-corrected chi connectivity index (χ1v) is 7.36. The Morgan fingerprint density at radius 1 is 1.35 bits per heavy atom. The number of nitrogens with zero attached hydrogens (tertiary/aromatic N) is 1. The Morgan fingerprint density at radius 3 is 2.95 bits per heavy atom. The zero-order chi connectivity index (χ0) is 13.9. The monoisotopic (exact) mass is 334 g/mol. The van der Waals surface area contributed by atoms with Gasteiger partial charge in [0.25, 0.3) is 5.91 Å². The SMILES string of the molecule is O=C(N[C@@H]1CCN(c2ccccc2Br)C1)c1ccoc1. The normalized spacial score (nSPS) is 18.2. The van der Waals surface area contributed by atoms with E-state index in [1.165, 1.54) is 18.2 Å². The number of carbonyl (C=O) groups excluding carboxylic acids is 1. The van der Waals surface area contributed by atoms with Crippen molar-refractivity contribution in [3.8, 4) is 0 Å². The van der Waals surface area contributed by atoms with Crippen LogP contribution in [0.4, 0.5) is 5.69 Å². The summed E-state index contributed by atoms with van der Waals surface area (Å²) < 4.78 is 6.01. The molecule has 5 heteroatoms. The van der Waals surface area contributed by atoms with Gasteiger partial charge in [-0.1, -0.05) is 12.1 Å². The topological polar surface area (TPSA) is 45.5 Å². The molecule has 0 aliphatic carbocycles. The van der Waals surface area contributed by atoms with E-state index in [0.717, 1.165) is 24.0 Å². The summed E-state index contributed by atoms with van der Waals surface area (Å²) in [6.07, 6.45) is 3.93. The van der Waals surface area contributed by atoms with E-state index in [-0.39, 0.29) is 11.9 Å². The second kappa shape index (κ2) is 5.71. The molecule has 1 amide bonds. The minimum Gasteiger partial charge on any atom is -0.472 e. The largest absolute Gasteiger partial charge is 0.472 e. The zero-order valence-electron chi connectivity index (χ0n) is 10.9. The highest BCUT2D eigenvalue weighted by atomic mass is 79.9. The van der Waals surface area contributed by atoms with Crippen molar-refractivity contribution in [1.29, 1.82) is 0 Å². The molecule has 0 bridgehead atoms. The van der Waals surface area contributed by atoms with Gasteiger partial charge in [0.05, 0.1) is 17.5 Å². The number of para-hydroxylation sites is 1. The lowest BCUT2D eigenvalue weighted by molar-refractivity contribution is 0.0940. The van der Waals surface area contributed by atoms with Crippen LogP contribution in [0.25, 0.3) is 0 Å². The Balaban J connectivity index is 1.63. The molecule has 0 radical (unpaired) electrons. The van der Waals surface area contributed by atoms with Gasteiger partial charge in [0.2, 0.25) is 0 Å². The lowest BCUT2D eigenvalue weighted by Gasteiger charge is -2.20. The lowest BCUT2D eigenvalue weighted by atomic mass is 10.2. The first-order valence-electron chi connectivity index (χ1n) is 6.56. The van der Waals surface area contributed by atoms with Crippen LogP contribution in [0.1, 0.15) is 16.8 Å². The third kappa shape index (κ3) is 2.72. The van der Waals surface area contributed by atoms with Crippen molar-refractivity contribution in [2.24, 2.45) is 0 Å². The Labute approximate surface area is 125 Å². The number of hydrogen-bond acceptors (Lipinski definition) is 3. The van der Waals surface area contributed by atoms with Crippen LogP contribution in [0.15, 0.2) is 51.7 Å². The number of nitrogens with one attached hydrogen (secondary N) is 1. The van der Waals surface area contributed by atoms with E-state index < -0.39 is 0 Å². The van der Waals surface area contributed by atoms with E-state index in [2.05, 4.69) is 32.2 Å². The number of carbonyl (C=O) groups is 1. The van der Waals surface area contributed by atoms with Crippen LogP contribution in [0, 0.1) is 0 Å². The van der Waals surface area contributed by atoms with Crippen LogP contribution in [-0.2, 0) is 0 Å². The minimum absolute atomic E-state index is 0.0715. The van der Waals surface area contributed by atoms with Crippen LogP contribution in [-0.4, -0.2) is 25.0 Å². The summed E-state index contributed by atoms with van der Waals surface area (Å²) in [5.41, 5.74) is 1.75. The number of halogens is 1. The summed E-state index contributed by atoms with van der Waals surface area (Å²) in [6, 6.07) is 10.00. The maximum absolute atomic E-state index is 12.0. The van der Waals surface area contributed by atoms with Crippen molar-refractivity contribution in [3.05, 3.63) is 52.9 Å². The molecule has 1 aromatic carbocycles. The maximum Gasteiger partial charge on any atom is 0.254 e. The second-order valence-corrected chi connectivity index (χ2v) is 5.72. The smallest absolute Gasteiger partial charge is 0.254 e. The first kappa shape index (κ1) is 13.2. The first-order chi connectivity index (χ1) is 9.74. The molecule has 1 aliphatic heterocycles. The summed E-state index contributed by atoms with van der Waals surface area (Å²) in [4.78, 5) is 14.3. The molecule has 1 aromatic heterocycles. The molecule has 20 heavy (non-hydrogen) atoms. The van der Waals surface area contributed by atoms with E-state index >= 15 is 0 Å².